The molecule has 2 rings (SSSR count). The summed E-state index contributed by atoms with van der Waals surface area (Å²) < 4.78 is 21.3. The van der Waals surface area contributed by atoms with Gasteiger partial charge in [-0.15, -0.1) is 0 Å². The Labute approximate surface area is 149 Å². The number of carbonyl (C=O) groups excluding carboxylic acids is 1. The Morgan fingerprint density at radius 2 is 1.62 bits per heavy atom. The number of quaternary nitrogens is 1. The van der Waals surface area contributed by atoms with Crippen LogP contribution in [0.2, 0.25) is 0 Å². The second kappa shape index (κ2) is 9.59. The van der Waals surface area contributed by atoms with Crippen LogP contribution in [0.1, 0.15) is 30.1 Å². The first-order chi connectivity index (χ1) is 11.1. The molecule has 1 atom stereocenters. The van der Waals surface area contributed by atoms with E-state index in [2.05, 4.69) is 0 Å². The molecule has 136 valence electrons. The van der Waals surface area contributed by atoms with Crippen molar-refractivity contribution in [3.63, 3.8) is 0 Å². The lowest BCUT2D eigenvalue weighted by Gasteiger charge is -2.19. The lowest BCUT2D eigenvalue weighted by molar-refractivity contribution is -0.890. The van der Waals surface area contributed by atoms with Gasteiger partial charge >= 0.3 is 5.97 Å². The molecule has 1 aliphatic heterocycles. The molecule has 1 saturated heterocycles. The Morgan fingerprint density at radius 1 is 1.08 bits per heavy atom. The fourth-order valence-electron chi connectivity index (χ4n) is 2.98. The fourth-order valence-corrected chi connectivity index (χ4v) is 2.98. The zero-order chi connectivity index (χ0) is 16.8. The van der Waals surface area contributed by atoms with Crippen molar-refractivity contribution < 1.29 is 41.0 Å². The molecule has 7 heteroatoms. The van der Waals surface area contributed by atoms with Crippen molar-refractivity contribution in [2.24, 2.45) is 0 Å². The molecule has 0 aromatic heterocycles. The number of esters is 1. The first-order valence-electron chi connectivity index (χ1n) is 7.93. The molecule has 0 aliphatic carbocycles. The van der Waals surface area contributed by atoms with Crippen LogP contribution in [0.3, 0.4) is 0 Å². The molecular formula is C17H26ClNO5. The minimum Gasteiger partial charge on any atom is -1.00 e. The number of benzene rings is 1. The Balaban J connectivity index is 0.00000288. The largest absolute Gasteiger partial charge is 1.00 e. The number of likely N-dealkylation sites (tertiary alicyclic amines) is 1. The van der Waals surface area contributed by atoms with E-state index in [4.69, 9.17) is 18.9 Å². The second-order valence-corrected chi connectivity index (χ2v) is 5.79. The molecular weight excluding hydrogens is 334 g/mol. The van der Waals surface area contributed by atoms with Crippen molar-refractivity contribution in [2.75, 3.05) is 41.0 Å². The third kappa shape index (κ3) is 4.92. The molecule has 1 aromatic rings. The standard InChI is InChI=1S/C17H25NO5.ClH/c1-12(11-18-7-5-6-8-18)23-17(19)13-9-14(20-2)16(22-4)15(10-13)21-3;/h9-10,12H,5-8,11H2,1-4H3;1H. The lowest BCUT2D eigenvalue weighted by atomic mass is 10.2. The summed E-state index contributed by atoms with van der Waals surface area (Å²) in [5, 5.41) is 0. The number of methoxy groups -OCH3 is 3. The van der Waals surface area contributed by atoms with Crippen LogP contribution in [0.5, 0.6) is 17.2 Å². The smallest absolute Gasteiger partial charge is 0.338 e. The van der Waals surface area contributed by atoms with E-state index in [0.29, 0.717) is 22.8 Å². The van der Waals surface area contributed by atoms with E-state index < -0.39 is 0 Å². The summed E-state index contributed by atoms with van der Waals surface area (Å²) in [5.41, 5.74) is 0.391. The first-order valence-corrected chi connectivity index (χ1v) is 7.93. The van der Waals surface area contributed by atoms with Crippen molar-refractivity contribution in [3.05, 3.63) is 17.7 Å². The Hall–Kier alpha value is -1.66. The van der Waals surface area contributed by atoms with Crippen LogP contribution in [0.25, 0.3) is 0 Å². The summed E-state index contributed by atoms with van der Waals surface area (Å²) in [5.74, 6) is 0.963. The Kier molecular flexibility index (Phi) is 8.15. The average molecular weight is 360 g/mol. The van der Waals surface area contributed by atoms with Crippen molar-refractivity contribution in [1.82, 2.24) is 0 Å². The summed E-state index contributed by atoms with van der Waals surface area (Å²) in [4.78, 5) is 13.9. The van der Waals surface area contributed by atoms with Gasteiger partial charge in [0.25, 0.3) is 0 Å². The second-order valence-electron chi connectivity index (χ2n) is 5.79. The van der Waals surface area contributed by atoms with Gasteiger partial charge in [-0.05, 0) is 19.1 Å². The van der Waals surface area contributed by atoms with Crippen molar-refractivity contribution in [2.45, 2.75) is 25.9 Å². The van der Waals surface area contributed by atoms with Gasteiger partial charge in [0, 0.05) is 12.8 Å². The Bertz CT molecular complexity index is 521. The zero-order valence-corrected chi connectivity index (χ0v) is 15.4. The van der Waals surface area contributed by atoms with E-state index in [-0.39, 0.29) is 24.5 Å². The summed E-state index contributed by atoms with van der Waals surface area (Å²) >= 11 is 0. The van der Waals surface area contributed by atoms with E-state index in [0.717, 1.165) is 19.6 Å². The van der Waals surface area contributed by atoms with Gasteiger partial charge in [0.2, 0.25) is 5.75 Å². The van der Waals surface area contributed by atoms with Gasteiger partial charge in [0.1, 0.15) is 12.6 Å². The number of hydrogen-bond donors (Lipinski definition) is 1. The maximum atomic E-state index is 12.4. The molecule has 0 saturated carbocycles. The summed E-state index contributed by atoms with van der Waals surface area (Å²) in [6.07, 6.45) is 2.38. The molecule has 1 N–H and O–H groups in total. The van der Waals surface area contributed by atoms with Crippen LogP contribution < -0.4 is 31.5 Å². The van der Waals surface area contributed by atoms with E-state index in [1.165, 1.54) is 39.1 Å². The van der Waals surface area contributed by atoms with Gasteiger partial charge in [-0.25, -0.2) is 4.79 Å². The SMILES string of the molecule is COc1cc(C(=O)OC(C)C[NH+]2CCCC2)cc(OC)c1OC.[Cl-]. The van der Waals surface area contributed by atoms with Gasteiger partial charge in [-0.3, -0.25) is 0 Å². The third-order valence-corrected chi connectivity index (χ3v) is 4.10. The van der Waals surface area contributed by atoms with Gasteiger partial charge in [0.15, 0.2) is 11.5 Å². The van der Waals surface area contributed by atoms with Crippen molar-refractivity contribution in [3.8, 4) is 17.2 Å². The number of carbonyl (C=O) groups is 1. The minimum absolute atomic E-state index is 0. The van der Waals surface area contributed by atoms with Gasteiger partial charge in [-0.2, -0.15) is 0 Å². The highest BCUT2D eigenvalue weighted by Gasteiger charge is 2.23. The van der Waals surface area contributed by atoms with Gasteiger partial charge in [-0.1, -0.05) is 0 Å². The maximum Gasteiger partial charge on any atom is 0.338 e. The number of ether oxygens (including phenoxy) is 4. The zero-order valence-electron chi connectivity index (χ0n) is 14.7. The van der Waals surface area contributed by atoms with Crippen LogP contribution in [0.4, 0.5) is 0 Å². The lowest BCUT2D eigenvalue weighted by Crippen LogP contribution is -3.11. The third-order valence-electron chi connectivity index (χ3n) is 4.10. The van der Waals surface area contributed by atoms with E-state index in [9.17, 15) is 4.79 Å². The minimum atomic E-state index is -0.379. The molecule has 0 radical (unpaired) electrons. The maximum absolute atomic E-state index is 12.4. The monoisotopic (exact) mass is 359 g/mol. The predicted octanol–water partition coefficient (Wildman–Crippen LogP) is -2.06. The summed E-state index contributed by atoms with van der Waals surface area (Å²) in [6.45, 7) is 5.09. The molecule has 24 heavy (non-hydrogen) atoms. The molecule has 0 spiro atoms. The molecule has 1 aromatic carbocycles. The summed E-state index contributed by atoms with van der Waals surface area (Å²) in [6, 6.07) is 3.22. The summed E-state index contributed by atoms with van der Waals surface area (Å²) in [7, 11) is 4.57. The molecule has 1 unspecified atom stereocenters. The van der Waals surface area contributed by atoms with Crippen LogP contribution in [0.15, 0.2) is 12.1 Å². The number of nitrogens with one attached hydrogen (secondary N) is 1. The molecule has 1 fully saturated rings. The van der Waals surface area contributed by atoms with Crippen LogP contribution in [-0.2, 0) is 4.74 Å². The Morgan fingerprint density at radius 3 is 2.08 bits per heavy atom. The van der Waals surface area contributed by atoms with Crippen LogP contribution in [-0.4, -0.2) is 53.0 Å². The number of halogens is 1. The first kappa shape index (κ1) is 20.4. The van der Waals surface area contributed by atoms with Crippen molar-refractivity contribution >= 4 is 5.97 Å². The normalized spacial score (nSPS) is 15.3. The van der Waals surface area contributed by atoms with E-state index in [1.54, 1.807) is 12.1 Å². The average Bonchev–Trinajstić information content (AvgIpc) is 3.05. The van der Waals surface area contributed by atoms with Crippen LogP contribution >= 0.6 is 0 Å². The molecule has 1 aliphatic rings. The number of hydrogen-bond acceptors (Lipinski definition) is 5. The molecule has 0 bridgehead atoms. The fraction of sp³-hybridized carbons (Fsp3) is 0.588. The highest BCUT2D eigenvalue weighted by atomic mass is 35.5. The van der Waals surface area contributed by atoms with Gasteiger partial charge in [0.05, 0.1) is 40.0 Å². The van der Waals surface area contributed by atoms with Gasteiger partial charge < -0.3 is 36.3 Å². The molecule has 0 amide bonds. The topological polar surface area (TPSA) is 58.4 Å². The predicted molar refractivity (Wildman–Crippen MR) is 85.8 cm³/mol. The highest BCUT2D eigenvalue weighted by molar-refractivity contribution is 5.91. The van der Waals surface area contributed by atoms with E-state index in [1.807, 2.05) is 6.92 Å². The van der Waals surface area contributed by atoms with E-state index >= 15 is 0 Å². The number of rotatable bonds is 7. The quantitative estimate of drug-likeness (QED) is 0.567. The molecule has 6 nitrogen and oxygen atoms in total. The van der Waals surface area contributed by atoms with Crippen LogP contribution in [0, 0.1) is 0 Å². The highest BCUT2D eigenvalue weighted by Crippen LogP contribution is 2.38. The van der Waals surface area contributed by atoms with Crippen molar-refractivity contribution in [1.29, 1.82) is 0 Å². The molecule has 1 heterocycles.